The summed E-state index contributed by atoms with van der Waals surface area (Å²) in [7, 11) is 4.61. The molecule has 0 spiro atoms. The number of hydrogen-bond donors (Lipinski definition) is 2. The quantitative estimate of drug-likeness (QED) is 0.621. The van der Waals surface area contributed by atoms with Crippen molar-refractivity contribution >= 4 is 23.1 Å². The number of carbonyl (C=O) groups is 1. The maximum absolute atomic E-state index is 13.0. The van der Waals surface area contributed by atoms with Crippen molar-refractivity contribution in [3.63, 3.8) is 0 Å². The van der Waals surface area contributed by atoms with Crippen LogP contribution in [0.5, 0.6) is 17.2 Å². The van der Waals surface area contributed by atoms with Crippen molar-refractivity contribution in [2.75, 3.05) is 32.0 Å². The van der Waals surface area contributed by atoms with Crippen LogP contribution in [0.3, 0.4) is 0 Å². The molecule has 0 unspecified atom stereocenters. The normalized spacial score (nSPS) is 10.2. The van der Waals surface area contributed by atoms with Gasteiger partial charge in [-0.2, -0.15) is 0 Å². The van der Waals surface area contributed by atoms with Gasteiger partial charge in [0.1, 0.15) is 11.6 Å². The van der Waals surface area contributed by atoms with Gasteiger partial charge >= 0.3 is 0 Å². The van der Waals surface area contributed by atoms with E-state index in [0.29, 0.717) is 40.0 Å². The largest absolute Gasteiger partial charge is 0.493 e. The first-order valence-electron chi connectivity index (χ1n) is 8.64. The second-order valence-corrected chi connectivity index (χ2v) is 5.93. The Hall–Kier alpha value is -3.81. The van der Waals surface area contributed by atoms with Crippen LogP contribution in [0.4, 0.5) is 21.6 Å². The predicted molar refractivity (Wildman–Crippen MR) is 108 cm³/mol. The van der Waals surface area contributed by atoms with Crippen LogP contribution in [-0.4, -0.2) is 32.2 Å². The van der Waals surface area contributed by atoms with E-state index in [9.17, 15) is 9.18 Å². The summed E-state index contributed by atoms with van der Waals surface area (Å²) in [5.41, 5.74) is 1.55. The summed E-state index contributed by atoms with van der Waals surface area (Å²) in [6.45, 7) is 0. The van der Waals surface area contributed by atoms with Crippen LogP contribution in [0, 0.1) is 5.82 Å². The summed E-state index contributed by atoms with van der Waals surface area (Å²) < 4.78 is 28.9. The molecule has 8 heteroatoms. The molecule has 0 aliphatic heterocycles. The van der Waals surface area contributed by atoms with E-state index in [-0.39, 0.29) is 5.91 Å². The molecule has 0 aliphatic rings. The fourth-order valence-electron chi connectivity index (χ4n) is 2.65. The van der Waals surface area contributed by atoms with Gasteiger partial charge in [0, 0.05) is 23.4 Å². The number of aromatic nitrogens is 1. The molecule has 0 radical (unpaired) electrons. The minimum absolute atomic E-state index is 0.350. The zero-order valence-corrected chi connectivity index (χ0v) is 16.2. The average Bonchev–Trinajstić information content (AvgIpc) is 2.74. The molecule has 1 aromatic heterocycles. The second-order valence-electron chi connectivity index (χ2n) is 5.93. The van der Waals surface area contributed by atoms with Gasteiger partial charge in [0.15, 0.2) is 11.5 Å². The van der Waals surface area contributed by atoms with Crippen LogP contribution in [0.2, 0.25) is 0 Å². The Kier molecular flexibility index (Phi) is 6.13. The Labute approximate surface area is 167 Å². The molecule has 29 heavy (non-hydrogen) atoms. The van der Waals surface area contributed by atoms with Gasteiger partial charge in [-0.05, 0) is 36.4 Å². The first-order valence-corrected chi connectivity index (χ1v) is 8.64. The Morgan fingerprint density at radius 2 is 1.55 bits per heavy atom. The van der Waals surface area contributed by atoms with E-state index in [2.05, 4.69) is 15.6 Å². The van der Waals surface area contributed by atoms with Gasteiger partial charge in [-0.3, -0.25) is 4.79 Å². The maximum Gasteiger partial charge on any atom is 0.255 e. The third-order valence-corrected chi connectivity index (χ3v) is 4.06. The molecule has 2 aromatic carbocycles. The molecule has 0 saturated heterocycles. The lowest BCUT2D eigenvalue weighted by molar-refractivity contribution is 0.102. The zero-order chi connectivity index (χ0) is 20.8. The average molecular weight is 397 g/mol. The number of ether oxygens (including phenoxy) is 3. The number of hydrogen-bond acceptors (Lipinski definition) is 6. The minimum atomic E-state index is -0.398. The van der Waals surface area contributed by atoms with Crippen molar-refractivity contribution in [3.05, 3.63) is 66.1 Å². The van der Waals surface area contributed by atoms with Gasteiger partial charge in [-0.15, -0.1) is 0 Å². The Bertz CT molecular complexity index is 967. The maximum atomic E-state index is 13.0. The van der Waals surface area contributed by atoms with Crippen LogP contribution in [0.25, 0.3) is 0 Å². The van der Waals surface area contributed by atoms with Crippen molar-refractivity contribution in [1.82, 2.24) is 4.98 Å². The third-order valence-electron chi connectivity index (χ3n) is 4.06. The van der Waals surface area contributed by atoms with Crippen molar-refractivity contribution in [2.45, 2.75) is 0 Å². The van der Waals surface area contributed by atoms with E-state index in [0.717, 1.165) is 0 Å². The molecule has 1 amide bonds. The summed E-state index contributed by atoms with van der Waals surface area (Å²) in [6, 6.07) is 12.2. The van der Waals surface area contributed by atoms with Crippen LogP contribution in [0.1, 0.15) is 10.4 Å². The number of amides is 1. The molecule has 150 valence electrons. The second kappa shape index (κ2) is 8.92. The summed E-state index contributed by atoms with van der Waals surface area (Å²) in [5.74, 6) is 1.32. The first kappa shape index (κ1) is 19.9. The number of rotatable bonds is 7. The molecule has 3 rings (SSSR count). The van der Waals surface area contributed by atoms with Gasteiger partial charge < -0.3 is 24.8 Å². The minimum Gasteiger partial charge on any atom is -0.493 e. The smallest absolute Gasteiger partial charge is 0.255 e. The number of halogens is 1. The molecular formula is C21H20FN3O4. The molecule has 2 N–H and O–H groups in total. The van der Waals surface area contributed by atoms with E-state index >= 15 is 0 Å². The fourth-order valence-corrected chi connectivity index (χ4v) is 2.65. The van der Waals surface area contributed by atoms with Gasteiger partial charge in [0.25, 0.3) is 5.91 Å². The number of nitrogens with zero attached hydrogens (tertiary/aromatic N) is 1. The van der Waals surface area contributed by atoms with Gasteiger partial charge in [0.05, 0.1) is 33.2 Å². The monoisotopic (exact) mass is 397 g/mol. The lowest BCUT2D eigenvalue weighted by Crippen LogP contribution is -2.12. The summed E-state index contributed by atoms with van der Waals surface area (Å²) in [5, 5.41) is 5.85. The zero-order valence-electron chi connectivity index (χ0n) is 16.2. The summed E-state index contributed by atoms with van der Waals surface area (Å²) in [6.07, 6.45) is 1.52. The molecule has 0 fully saturated rings. The highest BCUT2D eigenvalue weighted by Gasteiger charge is 2.13. The number of methoxy groups -OCH3 is 3. The molecule has 0 saturated carbocycles. The number of anilines is 3. The molecule has 3 aromatic rings. The first-order chi connectivity index (χ1) is 14.0. The highest BCUT2D eigenvalue weighted by atomic mass is 19.1. The van der Waals surface area contributed by atoms with Crippen molar-refractivity contribution < 1.29 is 23.4 Å². The third kappa shape index (κ3) is 4.73. The van der Waals surface area contributed by atoms with Gasteiger partial charge in [-0.25, -0.2) is 9.37 Å². The standard InChI is InChI=1S/C21H20FN3O4/c1-27-17-10-16(11-18(28-2)20(17)29-3)24-19-9-8-15(12-23-19)25-21(26)13-4-6-14(22)7-5-13/h4-12H,1-3H3,(H,23,24)(H,25,26). The summed E-state index contributed by atoms with van der Waals surface area (Å²) >= 11 is 0. The summed E-state index contributed by atoms with van der Waals surface area (Å²) in [4.78, 5) is 16.5. The fraction of sp³-hybridized carbons (Fsp3) is 0.143. The Balaban J connectivity index is 1.72. The van der Waals surface area contributed by atoms with Crippen molar-refractivity contribution in [3.8, 4) is 17.2 Å². The van der Waals surface area contributed by atoms with Crippen molar-refractivity contribution in [2.24, 2.45) is 0 Å². The SMILES string of the molecule is COc1cc(Nc2ccc(NC(=O)c3ccc(F)cc3)cn2)cc(OC)c1OC. The van der Waals surface area contributed by atoms with E-state index < -0.39 is 5.82 Å². The molecule has 1 heterocycles. The highest BCUT2D eigenvalue weighted by Crippen LogP contribution is 2.40. The Morgan fingerprint density at radius 1 is 0.897 bits per heavy atom. The van der Waals surface area contributed by atoms with E-state index in [1.807, 2.05) is 0 Å². The lowest BCUT2D eigenvalue weighted by Gasteiger charge is -2.15. The number of carbonyl (C=O) groups excluding carboxylic acids is 1. The van der Waals surface area contributed by atoms with Gasteiger partial charge in [0.2, 0.25) is 5.75 Å². The Morgan fingerprint density at radius 3 is 2.07 bits per heavy atom. The van der Waals surface area contributed by atoms with Crippen LogP contribution in [-0.2, 0) is 0 Å². The van der Waals surface area contributed by atoms with Gasteiger partial charge in [-0.1, -0.05) is 0 Å². The van der Waals surface area contributed by atoms with E-state index in [4.69, 9.17) is 14.2 Å². The van der Waals surface area contributed by atoms with E-state index in [1.54, 1.807) is 24.3 Å². The number of benzene rings is 2. The van der Waals surface area contributed by atoms with Crippen LogP contribution >= 0.6 is 0 Å². The predicted octanol–water partition coefficient (Wildman–Crippen LogP) is 4.24. The number of nitrogens with one attached hydrogen (secondary N) is 2. The molecule has 7 nitrogen and oxygen atoms in total. The van der Waals surface area contributed by atoms with Crippen LogP contribution in [0.15, 0.2) is 54.7 Å². The topological polar surface area (TPSA) is 81.7 Å². The molecule has 0 aliphatic carbocycles. The van der Waals surface area contributed by atoms with Crippen molar-refractivity contribution in [1.29, 1.82) is 0 Å². The van der Waals surface area contributed by atoms with E-state index in [1.165, 1.54) is 51.8 Å². The van der Waals surface area contributed by atoms with Crippen LogP contribution < -0.4 is 24.8 Å². The lowest BCUT2D eigenvalue weighted by atomic mass is 10.2. The molecule has 0 atom stereocenters. The molecule has 0 bridgehead atoms. The number of pyridine rings is 1. The highest BCUT2D eigenvalue weighted by molar-refractivity contribution is 6.04. The molecular weight excluding hydrogens is 377 g/mol.